The van der Waals surface area contributed by atoms with E-state index in [9.17, 15) is 0 Å². The molecule has 7 nitrogen and oxygen atoms in total. The fraction of sp³-hybridized carbons (Fsp3) is 0.211. The lowest BCUT2D eigenvalue weighted by molar-refractivity contribution is 0.322. The number of para-hydroxylation sites is 1. The van der Waals surface area contributed by atoms with Gasteiger partial charge in [-0.3, -0.25) is 10.1 Å². The highest BCUT2D eigenvalue weighted by Crippen LogP contribution is 2.15. The van der Waals surface area contributed by atoms with Gasteiger partial charge in [0.15, 0.2) is 11.8 Å². The first-order chi connectivity index (χ1) is 12.8. The molecular weight excluding hydrogens is 455 g/mol. The Labute approximate surface area is 175 Å². The molecule has 1 heterocycles. The minimum Gasteiger partial charge on any atom is -0.492 e. The van der Waals surface area contributed by atoms with Gasteiger partial charge >= 0.3 is 0 Å². The van der Waals surface area contributed by atoms with Crippen molar-refractivity contribution < 1.29 is 4.74 Å². The van der Waals surface area contributed by atoms with Crippen LogP contribution in [0, 0.1) is 0 Å². The van der Waals surface area contributed by atoms with Crippen molar-refractivity contribution in [3.8, 4) is 17.1 Å². The van der Waals surface area contributed by atoms with Crippen LogP contribution in [0.2, 0.25) is 0 Å². The van der Waals surface area contributed by atoms with Crippen LogP contribution in [0.5, 0.6) is 5.75 Å². The Hall–Kier alpha value is -2.62. The number of H-pyrrole nitrogens is 1. The Balaban J connectivity index is 0.00000261. The van der Waals surface area contributed by atoms with Gasteiger partial charge in [-0.25, -0.2) is 4.98 Å². The van der Waals surface area contributed by atoms with Crippen molar-refractivity contribution in [2.24, 2.45) is 4.99 Å². The second-order valence-corrected chi connectivity index (χ2v) is 5.55. The molecule has 0 aliphatic carbocycles. The van der Waals surface area contributed by atoms with Gasteiger partial charge in [0.25, 0.3) is 0 Å². The van der Waals surface area contributed by atoms with E-state index in [1.807, 2.05) is 42.5 Å². The molecule has 0 fully saturated rings. The third kappa shape index (κ3) is 6.55. The molecule has 2 aromatic carbocycles. The van der Waals surface area contributed by atoms with Gasteiger partial charge in [0.05, 0.1) is 6.54 Å². The summed E-state index contributed by atoms with van der Waals surface area (Å²) >= 11 is 0. The molecule has 3 aromatic rings. The molecule has 0 saturated heterocycles. The molecule has 0 spiro atoms. The number of aliphatic imine (C=N–C) groups is 1. The Morgan fingerprint density at radius 3 is 2.70 bits per heavy atom. The number of hydrogen-bond acceptors (Lipinski definition) is 4. The van der Waals surface area contributed by atoms with Gasteiger partial charge in [-0.05, 0) is 23.8 Å². The Kier molecular flexibility index (Phi) is 8.56. The highest BCUT2D eigenvalue weighted by atomic mass is 127. The van der Waals surface area contributed by atoms with Gasteiger partial charge < -0.3 is 15.4 Å². The van der Waals surface area contributed by atoms with Crippen LogP contribution in [0.15, 0.2) is 65.9 Å². The van der Waals surface area contributed by atoms with E-state index in [0.29, 0.717) is 19.7 Å². The van der Waals surface area contributed by atoms with Crippen LogP contribution in [-0.4, -0.2) is 41.3 Å². The van der Waals surface area contributed by atoms with Crippen molar-refractivity contribution in [1.29, 1.82) is 0 Å². The minimum atomic E-state index is 0. The van der Waals surface area contributed by atoms with Crippen LogP contribution in [0.25, 0.3) is 11.4 Å². The molecule has 0 aliphatic rings. The monoisotopic (exact) mass is 478 g/mol. The lowest BCUT2D eigenvalue weighted by atomic mass is 10.1. The van der Waals surface area contributed by atoms with Crippen LogP contribution in [0.4, 0.5) is 0 Å². The van der Waals surface area contributed by atoms with E-state index in [1.54, 1.807) is 7.05 Å². The van der Waals surface area contributed by atoms with Crippen LogP contribution >= 0.6 is 24.0 Å². The summed E-state index contributed by atoms with van der Waals surface area (Å²) in [6.45, 7) is 1.87. The molecule has 27 heavy (non-hydrogen) atoms. The first-order valence-corrected chi connectivity index (χ1v) is 8.42. The van der Waals surface area contributed by atoms with Crippen LogP contribution < -0.4 is 15.4 Å². The summed E-state index contributed by atoms with van der Waals surface area (Å²) in [5.74, 6) is 2.35. The van der Waals surface area contributed by atoms with Gasteiger partial charge in [-0.15, -0.1) is 24.0 Å². The van der Waals surface area contributed by atoms with Gasteiger partial charge in [-0.1, -0.05) is 36.4 Å². The van der Waals surface area contributed by atoms with Gasteiger partial charge in [0.2, 0.25) is 0 Å². The number of aromatic nitrogens is 3. The molecule has 0 amide bonds. The molecule has 0 atom stereocenters. The van der Waals surface area contributed by atoms with Crippen molar-refractivity contribution in [2.75, 3.05) is 20.2 Å². The topological polar surface area (TPSA) is 87.2 Å². The Morgan fingerprint density at radius 2 is 1.96 bits per heavy atom. The van der Waals surface area contributed by atoms with Crippen LogP contribution in [0.1, 0.15) is 5.56 Å². The maximum Gasteiger partial charge on any atom is 0.191 e. The van der Waals surface area contributed by atoms with Crippen molar-refractivity contribution in [3.05, 3.63) is 66.5 Å². The number of guanidine groups is 1. The third-order valence-corrected chi connectivity index (χ3v) is 3.71. The number of ether oxygens (including phenoxy) is 1. The first-order valence-electron chi connectivity index (χ1n) is 8.42. The predicted molar refractivity (Wildman–Crippen MR) is 117 cm³/mol. The summed E-state index contributed by atoms with van der Waals surface area (Å²) in [6, 6.07) is 17.9. The highest BCUT2D eigenvalue weighted by Gasteiger charge is 2.03. The van der Waals surface area contributed by atoms with Crippen molar-refractivity contribution in [2.45, 2.75) is 6.54 Å². The van der Waals surface area contributed by atoms with E-state index >= 15 is 0 Å². The number of halogens is 1. The lowest BCUT2D eigenvalue weighted by Crippen LogP contribution is -2.38. The van der Waals surface area contributed by atoms with E-state index in [1.165, 1.54) is 6.33 Å². The van der Waals surface area contributed by atoms with Crippen LogP contribution in [0.3, 0.4) is 0 Å². The van der Waals surface area contributed by atoms with E-state index in [0.717, 1.165) is 28.7 Å². The predicted octanol–water partition coefficient (Wildman–Crippen LogP) is 2.83. The number of nitrogens with one attached hydrogen (secondary N) is 3. The van der Waals surface area contributed by atoms with E-state index in [4.69, 9.17) is 4.74 Å². The fourth-order valence-electron chi connectivity index (χ4n) is 2.43. The molecule has 1 aromatic heterocycles. The minimum absolute atomic E-state index is 0. The normalized spacial score (nSPS) is 10.8. The molecule has 0 radical (unpaired) electrons. The smallest absolute Gasteiger partial charge is 0.191 e. The average molecular weight is 478 g/mol. The van der Waals surface area contributed by atoms with Crippen molar-refractivity contribution in [3.63, 3.8) is 0 Å². The Morgan fingerprint density at radius 1 is 1.11 bits per heavy atom. The molecular formula is C19H23IN6O. The number of aromatic amines is 1. The average Bonchev–Trinajstić information content (AvgIpc) is 3.23. The second-order valence-electron chi connectivity index (χ2n) is 5.55. The van der Waals surface area contributed by atoms with E-state index in [2.05, 4.69) is 42.9 Å². The summed E-state index contributed by atoms with van der Waals surface area (Å²) in [7, 11) is 1.75. The molecule has 3 N–H and O–H groups in total. The Bertz CT molecular complexity index is 823. The maximum absolute atomic E-state index is 5.66. The summed E-state index contributed by atoms with van der Waals surface area (Å²) < 4.78 is 5.66. The molecule has 0 aliphatic heterocycles. The van der Waals surface area contributed by atoms with Crippen molar-refractivity contribution in [1.82, 2.24) is 25.8 Å². The molecule has 0 bridgehead atoms. The van der Waals surface area contributed by atoms with Crippen molar-refractivity contribution >= 4 is 29.9 Å². The molecule has 3 rings (SSSR count). The molecule has 142 valence electrons. The van der Waals surface area contributed by atoms with E-state index in [-0.39, 0.29) is 24.0 Å². The lowest BCUT2D eigenvalue weighted by Gasteiger charge is -2.13. The second kappa shape index (κ2) is 11.2. The largest absolute Gasteiger partial charge is 0.492 e. The summed E-state index contributed by atoms with van der Waals surface area (Å²) in [5.41, 5.74) is 2.13. The van der Waals surface area contributed by atoms with Crippen LogP contribution in [-0.2, 0) is 6.54 Å². The molecule has 0 saturated carbocycles. The van der Waals surface area contributed by atoms with Gasteiger partial charge in [0, 0.05) is 19.2 Å². The number of benzene rings is 2. The molecule has 8 heteroatoms. The highest BCUT2D eigenvalue weighted by molar-refractivity contribution is 14.0. The SMILES string of the molecule is CN=C(NCCOc1ccccc1)NCc1cccc(-c2ncn[nH]2)c1.I. The summed E-state index contributed by atoms with van der Waals surface area (Å²) in [4.78, 5) is 8.41. The number of rotatable bonds is 7. The zero-order valence-corrected chi connectivity index (χ0v) is 17.4. The zero-order chi connectivity index (χ0) is 18.0. The number of nitrogens with zero attached hydrogens (tertiary/aromatic N) is 3. The number of hydrogen-bond donors (Lipinski definition) is 3. The van der Waals surface area contributed by atoms with E-state index < -0.39 is 0 Å². The fourth-order valence-corrected chi connectivity index (χ4v) is 2.43. The quantitative estimate of drug-likeness (QED) is 0.211. The summed E-state index contributed by atoms with van der Waals surface area (Å²) in [5, 5.41) is 13.3. The zero-order valence-electron chi connectivity index (χ0n) is 15.1. The maximum atomic E-state index is 5.66. The third-order valence-electron chi connectivity index (χ3n) is 3.71. The van der Waals surface area contributed by atoms with Gasteiger partial charge in [-0.2, -0.15) is 5.10 Å². The standard InChI is InChI=1S/C19H22N6O.HI/c1-20-19(21-10-11-26-17-8-3-2-4-9-17)22-13-15-6-5-7-16(12-15)18-23-14-24-25-18;/h2-9,12,14H,10-11,13H2,1H3,(H2,20,21,22)(H,23,24,25);1H. The molecule has 0 unspecified atom stereocenters. The van der Waals surface area contributed by atoms with Gasteiger partial charge in [0.1, 0.15) is 18.7 Å². The first kappa shape index (κ1) is 20.7. The summed E-state index contributed by atoms with van der Waals surface area (Å²) in [6.07, 6.45) is 1.50.